The van der Waals surface area contributed by atoms with E-state index in [0.29, 0.717) is 11.9 Å². The van der Waals surface area contributed by atoms with Gasteiger partial charge >= 0.3 is 0 Å². The molecule has 1 atom stereocenters. The van der Waals surface area contributed by atoms with Crippen LogP contribution in [-0.4, -0.2) is 28.1 Å². The first-order chi connectivity index (χ1) is 9.11. The summed E-state index contributed by atoms with van der Waals surface area (Å²) in [4.78, 5) is 5.65. The number of hydrogen-bond donors (Lipinski definition) is 1. The van der Waals surface area contributed by atoms with Gasteiger partial charge in [-0.25, -0.2) is 10.0 Å². The van der Waals surface area contributed by atoms with Gasteiger partial charge in [0.05, 0.1) is 11.2 Å². The summed E-state index contributed by atoms with van der Waals surface area (Å²) in [6.07, 6.45) is 2.05. The lowest BCUT2D eigenvalue weighted by Gasteiger charge is -2.24. The van der Waals surface area contributed by atoms with Crippen LogP contribution in [0.15, 0.2) is 39.3 Å². The molecule has 1 aliphatic heterocycles. The lowest BCUT2D eigenvalue weighted by molar-refractivity contribution is 0.354. The molecule has 1 aliphatic rings. The molecule has 0 bridgehead atoms. The summed E-state index contributed by atoms with van der Waals surface area (Å²) in [5, 5.41) is 6.30. The highest BCUT2D eigenvalue weighted by molar-refractivity contribution is 8.12. The smallest absolute Gasteiger partial charge is 0.218 e. The van der Waals surface area contributed by atoms with Gasteiger partial charge in [-0.2, -0.15) is 5.10 Å². The molecule has 0 saturated heterocycles. The van der Waals surface area contributed by atoms with Crippen LogP contribution in [0.4, 0.5) is 5.69 Å². The number of benzene rings is 1. The number of hydrazone groups is 1. The minimum atomic E-state index is 0.231. The molecule has 0 amide bonds. The fraction of sp³-hybridized carbons (Fsp3) is 0.385. The van der Waals surface area contributed by atoms with E-state index < -0.39 is 0 Å². The fourth-order valence-electron chi connectivity index (χ4n) is 1.73. The van der Waals surface area contributed by atoms with Crippen molar-refractivity contribution in [2.24, 2.45) is 21.7 Å². The SMILES string of the molecule is CSc1ccc(N=C(N)N2N=CSC2C(C)C)cc1. The van der Waals surface area contributed by atoms with Crippen molar-refractivity contribution >= 4 is 40.7 Å². The number of nitrogens with two attached hydrogens (primary N) is 1. The lowest BCUT2D eigenvalue weighted by Crippen LogP contribution is -2.39. The quantitative estimate of drug-likeness (QED) is 0.528. The van der Waals surface area contributed by atoms with Gasteiger partial charge in [0, 0.05) is 4.90 Å². The Morgan fingerprint density at radius 3 is 2.68 bits per heavy atom. The molecule has 1 aromatic rings. The Hall–Kier alpha value is -1.14. The molecule has 2 N–H and O–H groups in total. The van der Waals surface area contributed by atoms with E-state index in [-0.39, 0.29) is 5.37 Å². The second-order valence-corrected chi connectivity index (χ2v) is 6.35. The van der Waals surface area contributed by atoms with Gasteiger partial charge in [0.25, 0.3) is 0 Å². The van der Waals surface area contributed by atoms with Gasteiger partial charge in [0.15, 0.2) is 0 Å². The van der Waals surface area contributed by atoms with Gasteiger partial charge in [-0.3, -0.25) is 0 Å². The molecule has 19 heavy (non-hydrogen) atoms. The summed E-state index contributed by atoms with van der Waals surface area (Å²) < 4.78 is 0. The monoisotopic (exact) mass is 294 g/mol. The molecular weight excluding hydrogens is 276 g/mol. The number of guanidine groups is 1. The first kappa shape index (κ1) is 14.3. The average Bonchev–Trinajstić information content (AvgIpc) is 2.89. The predicted molar refractivity (Wildman–Crippen MR) is 86.1 cm³/mol. The molecule has 102 valence electrons. The van der Waals surface area contributed by atoms with Gasteiger partial charge in [0.1, 0.15) is 5.37 Å². The summed E-state index contributed by atoms with van der Waals surface area (Å²) in [5.41, 5.74) is 8.73. The van der Waals surface area contributed by atoms with Gasteiger partial charge in [-0.1, -0.05) is 25.6 Å². The van der Waals surface area contributed by atoms with Gasteiger partial charge in [0.2, 0.25) is 5.96 Å². The van der Waals surface area contributed by atoms with E-state index in [9.17, 15) is 0 Å². The first-order valence-electron chi connectivity index (χ1n) is 6.07. The Bertz CT molecular complexity index is 482. The molecule has 1 heterocycles. The van der Waals surface area contributed by atoms with E-state index >= 15 is 0 Å². The molecule has 0 aromatic heterocycles. The van der Waals surface area contributed by atoms with Crippen molar-refractivity contribution in [1.29, 1.82) is 0 Å². The Balaban J connectivity index is 2.15. The molecule has 1 aromatic carbocycles. The molecule has 0 spiro atoms. The minimum Gasteiger partial charge on any atom is -0.368 e. The highest BCUT2D eigenvalue weighted by atomic mass is 32.2. The Labute approximate surface area is 122 Å². The maximum atomic E-state index is 6.05. The largest absolute Gasteiger partial charge is 0.368 e. The molecular formula is C13H18N4S2. The summed E-state index contributed by atoms with van der Waals surface area (Å²) in [6, 6.07) is 8.02. The third-order valence-electron chi connectivity index (χ3n) is 2.73. The minimum absolute atomic E-state index is 0.231. The molecule has 2 rings (SSSR count). The zero-order chi connectivity index (χ0) is 13.8. The summed E-state index contributed by atoms with van der Waals surface area (Å²) in [6.45, 7) is 4.31. The maximum absolute atomic E-state index is 6.05. The molecule has 6 heteroatoms. The zero-order valence-electron chi connectivity index (χ0n) is 11.3. The van der Waals surface area contributed by atoms with Crippen molar-refractivity contribution in [3.8, 4) is 0 Å². The second-order valence-electron chi connectivity index (χ2n) is 4.50. The van der Waals surface area contributed by atoms with Crippen molar-refractivity contribution in [1.82, 2.24) is 5.01 Å². The van der Waals surface area contributed by atoms with Crippen LogP contribution in [0.1, 0.15) is 13.8 Å². The predicted octanol–water partition coefficient (Wildman–Crippen LogP) is 3.33. The van der Waals surface area contributed by atoms with E-state index in [2.05, 4.69) is 30.2 Å². The number of hydrogen-bond acceptors (Lipinski definition) is 4. The van der Waals surface area contributed by atoms with E-state index in [0.717, 1.165) is 5.69 Å². The van der Waals surface area contributed by atoms with Crippen LogP contribution in [0.25, 0.3) is 0 Å². The van der Waals surface area contributed by atoms with Crippen LogP contribution in [0, 0.1) is 5.92 Å². The van der Waals surface area contributed by atoms with E-state index in [4.69, 9.17) is 5.73 Å². The van der Waals surface area contributed by atoms with Crippen molar-refractivity contribution in [2.75, 3.05) is 6.26 Å². The van der Waals surface area contributed by atoms with Gasteiger partial charge in [-0.05, 0) is 36.4 Å². The normalized spacial score (nSPS) is 19.5. The standard InChI is InChI=1S/C13H18N4S2/c1-9(2)12-17(15-8-19-12)13(14)16-10-4-6-11(18-3)7-5-10/h4-9,12H,1-3H3,(H2,14,16). The summed E-state index contributed by atoms with van der Waals surface area (Å²) in [5.74, 6) is 0.900. The number of rotatable bonds is 3. The molecule has 1 unspecified atom stereocenters. The molecule has 0 saturated carbocycles. The molecule has 0 radical (unpaired) electrons. The van der Waals surface area contributed by atoms with Crippen LogP contribution >= 0.6 is 23.5 Å². The van der Waals surface area contributed by atoms with Crippen LogP contribution in [0.5, 0.6) is 0 Å². The molecule has 0 aliphatic carbocycles. The number of nitrogens with zero attached hydrogens (tertiary/aromatic N) is 3. The van der Waals surface area contributed by atoms with Crippen LogP contribution in [-0.2, 0) is 0 Å². The highest BCUT2D eigenvalue weighted by Gasteiger charge is 2.27. The summed E-state index contributed by atoms with van der Waals surface area (Å²) in [7, 11) is 0. The Morgan fingerprint density at radius 2 is 2.11 bits per heavy atom. The van der Waals surface area contributed by atoms with Crippen LogP contribution in [0.3, 0.4) is 0 Å². The topological polar surface area (TPSA) is 54.0 Å². The number of thioether (sulfide) groups is 2. The second kappa shape index (κ2) is 6.34. The lowest BCUT2D eigenvalue weighted by atomic mass is 10.2. The van der Waals surface area contributed by atoms with Crippen molar-refractivity contribution in [3.63, 3.8) is 0 Å². The van der Waals surface area contributed by atoms with Crippen molar-refractivity contribution in [2.45, 2.75) is 24.1 Å². The van der Waals surface area contributed by atoms with Crippen LogP contribution < -0.4 is 5.73 Å². The van der Waals surface area contributed by atoms with Gasteiger partial charge in [-0.15, -0.1) is 11.8 Å². The fourth-order valence-corrected chi connectivity index (χ4v) is 3.01. The third-order valence-corrected chi connectivity index (χ3v) is 4.72. The molecule has 4 nitrogen and oxygen atoms in total. The first-order valence-corrected chi connectivity index (χ1v) is 8.24. The van der Waals surface area contributed by atoms with E-state index in [1.54, 1.807) is 28.5 Å². The number of aliphatic imine (C=N–C) groups is 1. The zero-order valence-corrected chi connectivity index (χ0v) is 12.9. The third kappa shape index (κ3) is 3.45. The summed E-state index contributed by atoms with van der Waals surface area (Å²) >= 11 is 3.38. The van der Waals surface area contributed by atoms with E-state index in [1.807, 2.05) is 29.8 Å². The Kier molecular flexibility index (Phi) is 4.76. The highest BCUT2D eigenvalue weighted by Crippen LogP contribution is 2.28. The Morgan fingerprint density at radius 1 is 1.42 bits per heavy atom. The molecule has 0 fully saturated rings. The average molecular weight is 294 g/mol. The maximum Gasteiger partial charge on any atom is 0.218 e. The van der Waals surface area contributed by atoms with E-state index in [1.165, 1.54) is 4.90 Å². The van der Waals surface area contributed by atoms with Crippen molar-refractivity contribution < 1.29 is 0 Å². The van der Waals surface area contributed by atoms with Crippen molar-refractivity contribution in [3.05, 3.63) is 24.3 Å². The van der Waals surface area contributed by atoms with Crippen LogP contribution in [0.2, 0.25) is 0 Å². The van der Waals surface area contributed by atoms with Gasteiger partial charge < -0.3 is 5.73 Å².